The van der Waals surface area contributed by atoms with Gasteiger partial charge < -0.3 is 4.74 Å². The van der Waals surface area contributed by atoms with Gasteiger partial charge in [0.1, 0.15) is 5.75 Å². The van der Waals surface area contributed by atoms with Gasteiger partial charge in [0, 0.05) is 17.0 Å². The molecule has 0 amide bonds. The summed E-state index contributed by atoms with van der Waals surface area (Å²) in [5, 5.41) is 0.721. The van der Waals surface area contributed by atoms with Crippen molar-refractivity contribution in [1.82, 2.24) is 4.72 Å². The summed E-state index contributed by atoms with van der Waals surface area (Å²) in [4.78, 5) is 0. The van der Waals surface area contributed by atoms with E-state index in [9.17, 15) is 8.42 Å². The van der Waals surface area contributed by atoms with Crippen LogP contribution in [0.3, 0.4) is 0 Å². The van der Waals surface area contributed by atoms with Crippen molar-refractivity contribution in [2.24, 2.45) is 5.92 Å². The Balaban J connectivity index is 1.97. The molecule has 1 N–H and O–H groups in total. The first-order valence-corrected chi connectivity index (χ1v) is 9.83. The zero-order valence-electron chi connectivity index (χ0n) is 13.1. The van der Waals surface area contributed by atoms with Crippen LogP contribution in [-0.2, 0) is 10.0 Å². The number of nitrogens with one attached hydrogen (secondary N) is 1. The molecule has 124 valence electrons. The van der Waals surface area contributed by atoms with E-state index in [4.69, 9.17) is 16.3 Å². The Labute approximate surface area is 138 Å². The smallest absolute Gasteiger partial charge is 0.211 e. The average Bonchev–Trinajstić information content (AvgIpc) is 2.49. The summed E-state index contributed by atoms with van der Waals surface area (Å²) in [5.41, 5.74) is 0.978. The first-order valence-electron chi connectivity index (χ1n) is 7.80. The third-order valence-corrected chi connectivity index (χ3v) is 6.06. The summed E-state index contributed by atoms with van der Waals surface area (Å²) in [6.45, 7) is 4.12. The first kappa shape index (κ1) is 17.6. The Kier molecular flexibility index (Phi) is 6.12. The molecule has 1 fully saturated rings. The van der Waals surface area contributed by atoms with E-state index in [1.165, 1.54) is 0 Å². The van der Waals surface area contributed by atoms with E-state index < -0.39 is 10.0 Å². The van der Waals surface area contributed by atoms with E-state index in [0.717, 1.165) is 42.0 Å². The monoisotopic (exact) mass is 345 g/mol. The molecular weight excluding hydrogens is 322 g/mol. The third kappa shape index (κ3) is 4.86. The van der Waals surface area contributed by atoms with Crippen LogP contribution in [0.2, 0.25) is 5.02 Å². The highest BCUT2D eigenvalue weighted by Gasteiger charge is 2.28. The highest BCUT2D eigenvalue weighted by Crippen LogP contribution is 2.27. The molecule has 2 rings (SSSR count). The van der Waals surface area contributed by atoms with Crippen molar-refractivity contribution in [3.05, 3.63) is 28.8 Å². The van der Waals surface area contributed by atoms with Crippen LogP contribution >= 0.6 is 11.6 Å². The van der Waals surface area contributed by atoms with Gasteiger partial charge >= 0.3 is 0 Å². The summed E-state index contributed by atoms with van der Waals surface area (Å²) in [5.74, 6) is 1.11. The normalized spacial score (nSPS) is 22.5. The van der Waals surface area contributed by atoms with Crippen LogP contribution in [0.4, 0.5) is 0 Å². The fourth-order valence-electron chi connectivity index (χ4n) is 2.79. The zero-order chi connectivity index (χ0) is 16.2. The number of ether oxygens (including phenoxy) is 1. The summed E-state index contributed by atoms with van der Waals surface area (Å²) in [7, 11) is -3.17. The van der Waals surface area contributed by atoms with Crippen LogP contribution in [0, 0.1) is 12.8 Å². The van der Waals surface area contributed by atoms with Gasteiger partial charge in [0.2, 0.25) is 10.0 Å². The van der Waals surface area contributed by atoms with Crippen molar-refractivity contribution in [2.75, 3.05) is 12.4 Å². The Bertz CT molecular complexity index is 603. The van der Waals surface area contributed by atoms with Crippen LogP contribution in [0.25, 0.3) is 0 Å². The van der Waals surface area contributed by atoms with Crippen LogP contribution in [0.1, 0.15) is 38.2 Å². The van der Waals surface area contributed by atoms with Gasteiger partial charge in [-0.2, -0.15) is 0 Å². The Hall–Kier alpha value is -0.780. The molecule has 0 saturated heterocycles. The Morgan fingerprint density at radius 1 is 1.32 bits per heavy atom. The van der Waals surface area contributed by atoms with Crippen molar-refractivity contribution in [2.45, 2.75) is 45.6 Å². The molecule has 1 aliphatic carbocycles. The number of sulfonamides is 1. The van der Waals surface area contributed by atoms with Gasteiger partial charge in [0.15, 0.2) is 0 Å². The molecule has 0 spiro atoms. The largest absolute Gasteiger partial charge is 0.493 e. The van der Waals surface area contributed by atoms with Gasteiger partial charge in [-0.3, -0.25) is 0 Å². The number of hydrogen-bond donors (Lipinski definition) is 1. The van der Waals surface area contributed by atoms with Crippen molar-refractivity contribution in [3.8, 4) is 5.75 Å². The van der Waals surface area contributed by atoms with Crippen LogP contribution in [0.15, 0.2) is 18.2 Å². The lowest BCUT2D eigenvalue weighted by Crippen LogP contribution is -2.44. The van der Waals surface area contributed by atoms with Gasteiger partial charge in [-0.1, -0.05) is 24.4 Å². The molecule has 22 heavy (non-hydrogen) atoms. The minimum atomic E-state index is -3.17. The highest BCUT2D eigenvalue weighted by atomic mass is 35.5. The first-order chi connectivity index (χ1) is 10.4. The van der Waals surface area contributed by atoms with Gasteiger partial charge in [-0.25, -0.2) is 13.1 Å². The van der Waals surface area contributed by atoms with Crippen LogP contribution in [-0.4, -0.2) is 26.8 Å². The SMILES string of the molecule is CCS(=O)(=O)N[C@@H]1CCCC[C@H]1COc1ccc(Cl)c(C)c1. The maximum absolute atomic E-state index is 11.8. The summed E-state index contributed by atoms with van der Waals surface area (Å²) >= 11 is 6.01. The molecule has 1 aromatic carbocycles. The molecule has 0 radical (unpaired) electrons. The number of hydrogen-bond acceptors (Lipinski definition) is 3. The predicted octanol–water partition coefficient (Wildman–Crippen LogP) is 3.53. The maximum Gasteiger partial charge on any atom is 0.211 e. The standard InChI is InChI=1S/C16H24ClNO3S/c1-3-22(19,20)18-16-7-5-4-6-13(16)11-21-14-8-9-15(17)12(2)10-14/h8-10,13,16,18H,3-7,11H2,1-2H3/t13-,16+/m0/s1. The minimum absolute atomic E-state index is 0.0212. The number of benzene rings is 1. The molecule has 4 nitrogen and oxygen atoms in total. The van der Waals surface area contributed by atoms with Crippen molar-refractivity contribution in [3.63, 3.8) is 0 Å². The van der Waals surface area contributed by atoms with Gasteiger partial charge in [-0.15, -0.1) is 0 Å². The quantitative estimate of drug-likeness (QED) is 0.858. The van der Waals surface area contributed by atoms with Gasteiger partial charge in [0.25, 0.3) is 0 Å². The molecule has 0 aliphatic heterocycles. The lowest BCUT2D eigenvalue weighted by atomic mass is 9.86. The molecule has 1 aromatic rings. The van der Waals surface area contributed by atoms with Crippen molar-refractivity contribution < 1.29 is 13.2 Å². The molecule has 0 unspecified atom stereocenters. The van der Waals surface area contributed by atoms with Crippen LogP contribution in [0.5, 0.6) is 5.75 Å². The fourth-order valence-corrected chi connectivity index (χ4v) is 3.84. The second-order valence-corrected chi connectivity index (χ2v) is 8.34. The van der Waals surface area contributed by atoms with E-state index >= 15 is 0 Å². The van der Waals surface area contributed by atoms with Crippen LogP contribution < -0.4 is 9.46 Å². The minimum Gasteiger partial charge on any atom is -0.493 e. The van der Waals surface area contributed by atoms with E-state index in [1.54, 1.807) is 6.92 Å². The second-order valence-electron chi connectivity index (χ2n) is 5.89. The third-order valence-electron chi connectivity index (χ3n) is 4.21. The number of halogens is 1. The van der Waals surface area contributed by atoms with Crippen molar-refractivity contribution >= 4 is 21.6 Å². The summed E-state index contributed by atoms with van der Waals surface area (Å²) < 4.78 is 32.3. The molecular formula is C16H24ClNO3S. The number of rotatable bonds is 6. The van der Waals surface area contributed by atoms with E-state index in [0.29, 0.717) is 6.61 Å². The number of aryl methyl sites for hydroxylation is 1. The lowest BCUT2D eigenvalue weighted by molar-refractivity contribution is 0.180. The molecule has 0 heterocycles. The summed E-state index contributed by atoms with van der Waals surface area (Å²) in [6.07, 6.45) is 4.06. The van der Waals surface area contributed by atoms with Gasteiger partial charge in [-0.05, 0) is 50.5 Å². The second kappa shape index (κ2) is 7.66. The highest BCUT2D eigenvalue weighted by molar-refractivity contribution is 7.89. The Morgan fingerprint density at radius 2 is 2.05 bits per heavy atom. The van der Waals surface area contributed by atoms with Crippen molar-refractivity contribution in [1.29, 1.82) is 0 Å². The molecule has 0 aromatic heterocycles. The average molecular weight is 346 g/mol. The fraction of sp³-hybridized carbons (Fsp3) is 0.625. The maximum atomic E-state index is 11.8. The molecule has 1 saturated carbocycles. The Morgan fingerprint density at radius 3 is 2.73 bits per heavy atom. The lowest BCUT2D eigenvalue weighted by Gasteiger charge is -2.31. The molecule has 6 heteroatoms. The zero-order valence-corrected chi connectivity index (χ0v) is 14.7. The van der Waals surface area contributed by atoms with E-state index in [2.05, 4.69) is 4.72 Å². The molecule has 0 bridgehead atoms. The summed E-state index contributed by atoms with van der Waals surface area (Å²) in [6, 6.07) is 5.57. The van der Waals surface area contributed by atoms with E-state index in [-0.39, 0.29) is 17.7 Å². The predicted molar refractivity (Wildman–Crippen MR) is 90.0 cm³/mol. The molecule has 2 atom stereocenters. The molecule has 1 aliphatic rings. The topological polar surface area (TPSA) is 55.4 Å². The van der Waals surface area contributed by atoms with Gasteiger partial charge in [0.05, 0.1) is 12.4 Å². The van der Waals surface area contributed by atoms with E-state index in [1.807, 2.05) is 25.1 Å².